The van der Waals surface area contributed by atoms with Gasteiger partial charge in [0.2, 0.25) is 0 Å². The van der Waals surface area contributed by atoms with Crippen molar-refractivity contribution in [1.29, 1.82) is 0 Å². The van der Waals surface area contributed by atoms with E-state index in [0.717, 1.165) is 35.5 Å². The van der Waals surface area contributed by atoms with Gasteiger partial charge in [0.25, 0.3) is 11.6 Å². The Labute approximate surface area is 212 Å². The summed E-state index contributed by atoms with van der Waals surface area (Å²) in [6, 6.07) is 22.1. The van der Waals surface area contributed by atoms with E-state index in [0.29, 0.717) is 17.0 Å². The normalized spacial score (nSPS) is 17.1. The molecule has 5 rings (SSSR count). The lowest BCUT2D eigenvalue weighted by Gasteiger charge is -2.29. The number of benzene rings is 3. The largest absolute Gasteiger partial charge is 0.327 e. The Morgan fingerprint density at radius 1 is 1.05 bits per heavy atom. The van der Waals surface area contributed by atoms with Crippen LogP contribution < -0.4 is 21.0 Å². The van der Waals surface area contributed by atoms with Crippen LogP contribution in [-0.4, -0.2) is 29.1 Å². The van der Waals surface area contributed by atoms with Gasteiger partial charge in [-0.1, -0.05) is 42.5 Å². The number of hydrogen-bond acceptors (Lipinski definition) is 6. The van der Waals surface area contributed by atoms with Crippen molar-refractivity contribution in [2.45, 2.75) is 19.4 Å². The summed E-state index contributed by atoms with van der Waals surface area (Å²) in [5, 5.41) is 25.8. The fourth-order valence-corrected chi connectivity index (χ4v) is 4.43. The molecule has 10 nitrogen and oxygen atoms in total. The minimum Gasteiger partial charge on any atom is -0.327 e. The topological polar surface area (TPSA) is 129 Å². The first-order chi connectivity index (χ1) is 17.9. The van der Waals surface area contributed by atoms with Gasteiger partial charge in [0, 0.05) is 36.5 Å². The highest BCUT2D eigenvalue weighted by Gasteiger charge is 2.31. The summed E-state index contributed by atoms with van der Waals surface area (Å²) in [5.41, 5.74) is 4.87. The smallest absolute Gasteiger partial charge is 0.319 e. The molecule has 2 aliphatic rings. The molecule has 0 spiro atoms. The van der Waals surface area contributed by atoms with Gasteiger partial charge in [-0.3, -0.25) is 19.9 Å². The van der Waals surface area contributed by atoms with Crippen LogP contribution in [0.4, 0.5) is 21.9 Å². The molecule has 2 heterocycles. The first-order valence-electron chi connectivity index (χ1n) is 11.7. The summed E-state index contributed by atoms with van der Waals surface area (Å²) >= 11 is 0. The second-order valence-corrected chi connectivity index (χ2v) is 8.71. The number of anilines is 2. The SMILES string of the molecule is CC1=C(C(=O)Nc2ccc([N+](=O)[O-])cc2)[C@@H](c2ccc(N3CCC(c4ccccc4)=N3)cc2)NC(=O)N1. The monoisotopic (exact) mass is 496 g/mol. The number of carbonyl (C=O) groups is 2. The molecule has 0 unspecified atom stereocenters. The highest BCUT2D eigenvalue weighted by molar-refractivity contribution is 6.07. The van der Waals surface area contributed by atoms with Crippen molar-refractivity contribution in [3.8, 4) is 0 Å². The molecular weight excluding hydrogens is 472 g/mol. The summed E-state index contributed by atoms with van der Waals surface area (Å²) in [5.74, 6) is -0.426. The zero-order valence-electron chi connectivity index (χ0n) is 20.0. The number of urea groups is 1. The summed E-state index contributed by atoms with van der Waals surface area (Å²) < 4.78 is 0. The van der Waals surface area contributed by atoms with Crippen molar-refractivity contribution in [3.05, 3.63) is 111 Å². The van der Waals surface area contributed by atoms with E-state index in [1.54, 1.807) is 6.92 Å². The summed E-state index contributed by atoms with van der Waals surface area (Å²) in [6.07, 6.45) is 0.838. The fourth-order valence-electron chi connectivity index (χ4n) is 4.43. The third-order valence-corrected chi connectivity index (χ3v) is 6.28. The second kappa shape index (κ2) is 9.94. The van der Waals surface area contributed by atoms with Crippen LogP contribution >= 0.6 is 0 Å². The van der Waals surface area contributed by atoms with Gasteiger partial charge in [0.05, 0.1) is 27.9 Å². The number of amides is 3. The van der Waals surface area contributed by atoms with Crippen LogP contribution in [0, 0.1) is 10.1 Å². The Morgan fingerprint density at radius 3 is 2.43 bits per heavy atom. The molecule has 0 bridgehead atoms. The Bertz CT molecular complexity index is 1420. The maximum Gasteiger partial charge on any atom is 0.319 e. The Balaban J connectivity index is 1.36. The minimum absolute atomic E-state index is 0.0730. The summed E-state index contributed by atoms with van der Waals surface area (Å²) in [7, 11) is 0. The molecule has 2 aliphatic heterocycles. The van der Waals surface area contributed by atoms with Gasteiger partial charge in [0.15, 0.2) is 0 Å². The van der Waals surface area contributed by atoms with Crippen LogP contribution in [0.15, 0.2) is 95.2 Å². The van der Waals surface area contributed by atoms with Crippen molar-refractivity contribution in [2.75, 3.05) is 16.9 Å². The van der Waals surface area contributed by atoms with Gasteiger partial charge in [-0.25, -0.2) is 4.79 Å². The summed E-state index contributed by atoms with van der Waals surface area (Å²) in [4.78, 5) is 35.9. The second-order valence-electron chi connectivity index (χ2n) is 8.71. The van der Waals surface area contributed by atoms with E-state index in [9.17, 15) is 19.7 Å². The molecule has 0 saturated carbocycles. The third-order valence-electron chi connectivity index (χ3n) is 6.28. The maximum atomic E-state index is 13.2. The van der Waals surface area contributed by atoms with Crippen LogP contribution in [0.3, 0.4) is 0 Å². The molecule has 1 atom stereocenters. The van der Waals surface area contributed by atoms with Crippen molar-refractivity contribution in [2.24, 2.45) is 5.10 Å². The minimum atomic E-state index is -0.678. The average Bonchev–Trinajstić information content (AvgIpc) is 3.39. The molecule has 0 aliphatic carbocycles. The molecular formula is C27H24N6O4. The number of hydrogen-bond donors (Lipinski definition) is 3. The predicted octanol–water partition coefficient (Wildman–Crippen LogP) is 4.48. The van der Waals surface area contributed by atoms with Gasteiger partial charge in [-0.05, 0) is 42.3 Å². The Hall–Kier alpha value is -4.99. The molecule has 186 valence electrons. The number of nitro benzene ring substituents is 1. The van der Waals surface area contributed by atoms with E-state index in [1.165, 1.54) is 24.3 Å². The van der Waals surface area contributed by atoms with E-state index >= 15 is 0 Å². The number of nitro groups is 1. The third kappa shape index (κ3) is 5.03. The van der Waals surface area contributed by atoms with Gasteiger partial charge < -0.3 is 16.0 Å². The molecule has 0 saturated heterocycles. The molecule has 0 radical (unpaired) electrons. The molecule has 3 aromatic rings. The number of nitrogens with zero attached hydrogens (tertiary/aromatic N) is 3. The van der Waals surface area contributed by atoms with E-state index in [-0.39, 0.29) is 5.69 Å². The Kier molecular flexibility index (Phi) is 6.38. The van der Waals surface area contributed by atoms with E-state index < -0.39 is 22.9 Å². The van der Waals surface area contributed by atoms with Crippen LogP contribution in [-0.2, 0) is 4.79 Å². The lowest BCUT2D eigenvalue weighted by molar-refractivity contribution is -0.384. The quantitative estimate of drug-likeness (QED) is 0.342. The van der Waals surface area contributed by atoms with Gasteiger partial charge in [-0.2, -0.15) is 5.10 Å². The molecule has 3 aromatic carbocycles. The molecule has 10 heteroatoms. The lowest BCUT2D eigenvalue weighted by atomic mass is 9.94. The number of nitrogens with one attached hydrogen (secondary N) is 3. The maximum absolute atomic E-state index is 13.2. The predicted molar refractivity (Wildman–Crippen MR) is 140 cm³/mol. The molecule has 37 heavy (non-hydrogen) atoms. The molecule has 0 aromatic heterocycles. The van der Waals surface area contributed by atoms with E-state index in [1.807, 2.05) is 59.6 Å². The number of non-ortho nitro benzene ring substituents is 1. The van der Waals surface area contributed by atoms with E-state index in [4.69, 9.17) is 5.10 Å². The van der Waals surface area contributed by atoms with Crippen molar-refractivity contribution in [1.82, 2.24) is 10.6 Å². The lowest BCUT2D eigenvalue weighted by Crippen LogP contribution is -2.45. The fraction of sp³-hybridized carbons (Fsp3) is 0.148. The molecule has 0 fully saturated rings. The van der Waals surface area contributed by atoms with Crippen molar-refractivity contribution in [3.63, 3.8) is 0 Å². The van der Waals surface area contributed by atoms with Crippen molar-refractivity contribution >= 4 is 34.7 Å². The number of rotatable bonds is 6. The zero-order valence-corrected chi connectivity index (χ0v) is 20.0. The average molecular weight is 497 g/mol. The van der Waals surface area contributed by atoms with Crippen LogP contribution in [0.25, 0.3) is 0 Å². The van der Waals surface area contributed by atoms with Crippen LogP contribution in [0.5, 0.6) is 0 Å². The van der Waals surface area contributed by atoms with Gasteiger partial charge >= 0.3 is 6.03 Å². The highest BCUT2D eigenvalue weighted by Crippen LogP contribution is 2.30. The zero-order chi connectivity index (χ0) is 25.9. The molecule has 3 amide bonds. The van der Waals surface area contributed by atoms with Gasteiger partial charge in [0.1, 0.15) is 0 Å². The van der Waals surface area contributed by atoms with Crippen molar-refractivity contribution < 1.29 is 14.5 Å². The van der Waals surface area contributed by atoms with Crippen LogP contribution in [0.1, 0.15) is 30.5 Å². The number of hydrazone groups is 1. The Morgan fingerprint density at radius 2 is 1.76 bits per heavy atom. The number of allylic oxidation sites excluding steroid dienone is 1. The van der Waals surface area contributed by atoms with E-state index in [2.05, 4.69) is 16.0 Å². The first-order valence-corrected chi connectivity index (χ1v) is 11.7. The standard InChI is InChI=1S/C27H24N6O4/c1-17-24(26(34)29-20-9-13-22(14-10-20)33(36)37)25(30-27(35)28-17)19-7-11-21(12-8-19)32-16-15-23(31-32)18-5-3-2-4-6-18/h2-14,25H,15-16H2,1H3,(H,29,34)(H2,28,30,35)/t25-/m1/s1. The first kappa shape index (κ1) is 23.7. The highest BCUT2D eigenvalue weighted by atomic mass is 16.6. The molecule has 3 N–H and O–H groups in total. The van der Waals surface area contributed by atoms with Crippen LogP contribution in [0.2, 0.25) is 0 Å². The number of carbonyl (C=O) groups excluding carboxylic acids is 2. The van der Waals surface area contributed by atoms with Gasteiger partial charge in [-0.15, -0.1) is 0 Å². The summed E-state index contributed by atoms with van der Waals surface area (Å²) in [6.45, 7) is 2.42.